The van der Waals surface area contributed by atoms with Crippen LogP contribution in [-0.2, 0) is 0 Å². The molecule has 0 aliphatic carbocycles. The Hall–Kier alpha value is 0.350. The molecule has 1 atom stereocenters. The van der Waals surface area contributed by atoms with Crippen LogP contribution < -0.4 is 0 Å². The molecule has 1 radical (unpaired) electrons. The van der Waals surface area contributed by atoms with E-state index in [2.05, 4.69) is 20.1 Å². The first-order chi connectivity index (χ1) is 4.35. The van der Waals surface area contributed by atoms with Crippen molar-refractivity contribution < 1.29 is 0 Å². The fourth-order valence-electron chi connectivity index (χ4n) is 0.861. The summed E-state index contributed by atoms with van der Waals surface area (Å²) in [5.74, 6) is 0. The smallest absolute Gasteiger partial charge is 0.00416 e. The molecule has 0 amide bonds. The van der Waals surface area contributed by atoms with Crippen molar-refractivity contribution in [1.82, 2.24) is 0 Å². The van der Waals surface area contributed by atoms with Gasteiger partial charge in [0.2, 0.25) is 0 Å². The van der Waals surface area contributed by atoms with E-state index < -0.39 is 0 Å². The molecule has 0 aromatic rings. The van der Waals surface area contributed by atoms with Crippen LogP contribution in [0.5, 0.6) is 0 Å². The van der Waals surface area contributed by atoms with Crippen LogP contribution >= 0.6 is 11.8 Å². The zero-order chi connectivity index (χ0) is 7.11. The summed E-state index contributed by atoms with van der Waals surface area (Å²) in [6, 6.07) is 0. The highest BCUT2D eigenvalue weighted by molar-refractivity contribution is 7.99. The molecule has 1 heteroatoms. The summed E-state index contributed by atoms with van der Waals surface area (Å²) in [7, 11) is 0. The van der Waals surface area contributed by atoms with E-state index in [1.807, 2.05) is 11.8 Å². The van der Waals surface area contributed by atoms with Crippen LogP contribution in [0.3, 0.4) is 0 Å². The average Bonchev–Trinajstić information content (AvgIpc) is 1.91. The maximum atomic E-state index is 3.82. The van der Waals surface area contributed by atoms with Crippen molar-refractivity contribution in [1.29, 1.82) is 0 Å². The Morgan fingerprint density at radius 1 is 1.56 bits per heavy atom. The van der Waals surface area contributed by atoms with E-state index in [1.165, 1.54) is 19.3 Å². The number of thioether (sulfide) groups is 1. The van der Waals surface area contributed by atoms with Gasteiger partial charge >= 0.3 is 0 Å². The fourth-order valence-corrected chi connectivity index (χ4v) is 1.60. The van der Waals surface area contributed by atoms with E-state index >= 15 is 0 Å². The van der Waals surface area contributed by atoms with Gasteiger partial charge in [-0.25, -0.2) is 0 Å². The third-order valence-electron chi connectivity index (χ3n) is 1.56. The van der Waals surface area contributed by atoms with Crippen LogP contribution in [0.1, 0.15) is 32.6 Å². The molecule has 0 spiro atoms. The van der Waals surface area contributed by atoms with Gasteiger partial charge in [0.15, 0.2) is 0 Å². The minimum atomic E-state index is 0.881. The second-order valence-electron chi connectivity index (χ2n) is 2.26. The first-order valence-corrected chi connectivity index (χ1v) is 4.96. The van der Waals surface area contributed by atoms with Gasteiger partial charge < -0.3 is 0 Å². The van der Waals surface area contributed by atoms with Crippen molar-refractivity contribution in [2.24, 2.45) is 0 Å². The minimum absolute atomic E-state index is 0.881. The highest BCUT2D eigenvalue weighted by Crippen LogP contribution is 2.16. The molecule has 0 aromatic heterocycles. The predicted molar refractivity (Wildman–Crippen MR) is 46.8 cm³/mol. The molecule has 0 aliphatic heterocycles. The van der Waals surface area contributed by atoms with Gasteiger partial charge in [0.1, 0.15) is 0 Å². The highest BCUT2D eigenvalue weighted by Gasteiger charge is 2.00. The molecule has 9 heavy (non-hydrogen) atoms. The molecule has 1 unspecified atom stereocenters. The second kappa shape index (κ2) is 6.47. The van der Waals surface area contributed by atoms with Crippen molar-refractivity contribution in [3.63, 3.8) is 0 Å². The van der Waals surface area contributed by atoms with E-state index in [9.17, 15) is 0 Å². The summed E-state index contributed by atoms with van der Waals surface area (Å²) in [5, 5.41) is 0.881. The van der Waals surface area contributed by atoms with Crippen molar-refractivity contribution in [2.45, 2.75) is 37.9 Å². The fraction of sp³-hybridized carbons (Fsp3) is 0.875. The summed E-state index contributed by atoms with van der Waals surface area (Å²) < 4.78 is 0. The van der Waals surface area contributed by atoms with Crippen molar-refractivity contribution in [2.75, 3.05) is 6.26 Å². The van der Waals surface area contributed by atoms with Crippen LogP contribution in [0, 0.1) is 6.92 Å². The molecule has 0 bridgehead atoms. The zero-order valence-corrected chi connectivity index (χ0v) is 7.34. The van der Waals surface area contributed by atoms with E-state index in [-0.39, 0.29) is 0 Å². The Morgan fingerprint density at radius 3 is 2.56 bits per heavy atom. The molecule has 0 saturated carbocycles. The van der Waals surface area contributed by atoms with Crippen LogP contribution in [0.2, 0.25) is 0 Å². The lowest BCUT2D eigenvalue weighted by Gasteiger charge is -2.09. The standard InChI is InChI=1S/C8H17S/c1-4-6-7-8(5-2)9-3/h8H,1,4-7H2,2-3H3. The van der Waals surface area contributed by atoms with E-state index in [0.717, 1.165) is 11.7 Å². The van der Waals surface area contributed by atoms with Gasteiger partial charge in [0.25, 0.3) is 0 Å². The van der Waals surface area contributed by atoms with Crippen LogP contribution in [0.25, 0.3) is 0 Å². The first-order valence-electron chi connectivity index (χ1n) is 3.67. The van der Waals surface area contributed by atoms with E-state index in [4.69, 9.17) is 0 Å². The largest absolute Gasteiger partial charge is 0.162 e. The van der Waals surface area contributed by atoms with Crippen LogP contribution in [0.15, 0.2) is 0 Å². The molecule has 0 aliphatic rings. The maximum Gasteiger partial charge on any atom is 0.00416 e. The Morgan fingerprint density at radius 2 is 2.22 bits per heavy atom. The Bertz CT molecular complexity index is 48.5. The van der Waals surface area contributed by atoms with Gasteiger partial charge in [0, 0.05) is 5.25 Å². The number of unbranched alkanes of at least 4 members (excludes halogenated alkanes) is 1. The molecule has 0 heterocycles. The molecule has 0 saturated heterocycles. The lowest BCUT2D eigenvalue weighted by molar-refractivity contribution is 0.690. The number of hydrogen-bond donors (Lipinski definition) is 0. The molecule has 0 rings (SSSR count). The minimum Gasteiger partial charge on any atom is -0.162 e. The molecule has 0 fully saturated rings. The first kappa shape index (κ1) is 9.35. The monoisotopic (exact) mass is 145 g/mol. The molecule has 0 N–H and O–H groups in total. The Labute approximate surface area is 63.4 Å². The SMILES string of the molecule is [CH2]CCCC(CC)SC. The summed E-state index contributed by atoms with van der Waals surface area (Å²) in [5.41, 5.74) is 0. The third kappa shape index (κ3) is 4.83. The van der Waals surface area contributed by atoms with Gasteiger partial charge in [-0.3, -0.25) is 0 Å². The normalized spacial score (nSPS) is 13.7. The zero-order valence-electron chi connectivity index (χ0n) is 6.52. The quantitative estimate of drug-likeness (QED) is 0.572. The van der Waals surface area contributed by atoms with Crippen molar-refractivity contribution in [3.8, 4) is 0 Å². The molecule has 0 nitrogen and oxygen atoms in total. The maximum absolute atomic E-state index is 3.82. The Kier molecular flexibility index (Phi) is 6.72. The third-order valence-corrected chi connectivity index (χ3v) is 2.80. The Balaban J connectivity index is 3.09. The summed E-state index contributed by atoms with van der Waals surface area (Å²) in [4.78, 5) is 0. The lowest BCUT2D eigenvalue weighted by Crippen LogP contribution is -1.98. The van der Waals surface area contributed by atoms with Crippen LogP contribution in [0.4, 0.5) is 0 Å². The summed E-state index contributed by atoms with van der Waals surface area (Å²) in [6.07, 6.45) is 7.23. The van der Waals surface area contributed by atoms with Gasteiger partial charge in [-0.1, -0.05) is 26.7 Å². The molecular formula is C8H17S. The van der Waals surface area contributed by atoms with Gasteiger partial charge in [-0.2, -0.15) is 11.8 Å². The molecular weight excluding hydrogens is 128 g/mol. The van der Waals surface area contributed by atoms with E-state index in [1.54, 1.807) is 0 Å². The van der Waals surface area contributed by atoms with Crippen molar-refractivity contribution >= 4 is 11.8 Å². The van der Waals surface area contributed by atoms with Gasteiger partial charge in [0.05, 0.1) is 0 Å². The van der Waals surface area contributed by atoms with Gasteiger partial charge in [-0.05, 0) is 19.1 Å². The lowest BCUT2D eigenvalue weighted by atomic mass is 10.2. The van der Waals surface area contributed by atoms with Crippen molar-refractivity contribution in [3.05, 3.63) is 6.92 Å². The highest BCUT2D eigenvalue weighted by atomic mass is 32.2. The molecule has 0 aromatic carbocycles. The topological polar surface area (TPSA) is 0 Å². The average molecular weight is 145 g/mol. The summed E-state index contributed by atoms with van der Waals surface area (Å²) in [6.45, 7) is 6.07. The molecule has 55 valence electrons. The predicted octanol–water partition coefficient (Wildman–Crippen LogP) is 3.13. The van der Waals surface area contributed by atoms with Gasteiger partial charge in [-0.15, -0.1) is 0 Å². The number of rotatable bonds is 5. The summed E-state index contributed by atoms with van der Waals surface area (Å²) >= 11 is 1.98. The van der Waals surface area contributed by atoms with E-state index in [0.29, 0.717) is 0 Å². The second-order valence-corrected chi connectivity index (χ2v) is 3.40. The number of hydrogen-bond acceptors (Lipinski definition) is 1. The van der Waals surface area contributed by atoms with Crippen LogP contribution in [-0.4, -0.2) is 11.5 Å².